The number of pyridine rings is 1. The van der Waals surface area contributed by atoms with Gasteiger partial charge in [0.25, 0.3) is 5.91 Å². The first kappa shape index (κ1) is 16.7. The normalized spacial score (nSPS) is 11.7. The monoisotopic (exact) mass is 363 g/mol. The van der Waals surface area contributed by atoms with E-state index in [4.69, 9.17) is 14.2 Å². The summed E-state index contributed by atoms with van der Waals surface area (Å²) in [5.41, 5.74) is 2.49. The Bertz CT molecular complexity index is 990. The van der Waals surface area contributed by atoms with Gasteiger partial charge in [0.05, 0.1) is 7.11 Å². The van der Waals surface area contributed by atoms with Crippen molar-refractivity contribution in [3.05, 3.63) is 66.5 Å². The van der Waals surface area contributed by atoms with Crippen molar-refractivity contribution in [1.82, 2.24) is 4.98 Å². The molecule has 0 bridgehead atoms. The van der Waals surface area contributed by atoms with E-state index in [1.165, 1.54) is 0 Å². The van der Waals surface area contributed by atoms with Crippen molar-refractivity contribution in [3.63, 3.8) is 0 Å². The van der Waals surface area contributed by atoms with Gasteiger partial charge in [-0.05, 0) is 36.4 Å². The van der Waals surface area contributed by atoms with Crippen molar-refractivity contribution in [3.8, 4) is 17.2 Å². The average Bonchev–Trinajstić information content (AvgIpc) is 3.16. The largest absolute Gasteiger partial charge is 0.497 e. The Morgan fingerprint density at radius 3 is 2.74 bits per heavy atom. The standard InChI is InChI=1S/C20H17N3O4/c1-25-16-4-2-3-13(9-16)22-15-7-8-21-17(10-15)20(24)23-14-5-6-18-19(11-14)27-12-26-18/h2-11H,12H2,1H3,(H,21,22)(H,23,24). The van der Waals surface area contributed by atoms with E-state index in [0.717, 1.165) is 17.1 Å². The molecule has 1 aliphatic heterocycles. The van der Waals surface area contributed by atoms with Crippen LogP contribution < -0.4 is 24.8 Å². The smallest absolute Gasteiger partial charge is 0.274 e. The molecule has 3 aromatic rings. The average molecular weight is 363 g/mol. The Morgan fingerprint density at radius 2 is 1.85 bits per heavy atom. The summed E-state index contributed by atoms with van der Waals surface area (Å²) in [5, 5.41) is 6.05. The number of amides is 1. The number of hydrogen-bond acceptors (Lipinski definition) is 6. The molecule has 2 N–H and O–H groups in total. The minimum atomic E-state index is -0.317. The van der Waals surface area contributed by atoms with Crippen LogP contribution in [0.1, 0.15) is 10.5 Å². The molecule has 7 heteroatoms. The van der Waals surface area contributed by atoms with Crippen LogP contribution in [0.3, 0.4) is 0 Å². The molecule has 1 amide bonds. The number of ether oxygens (including phenoxy) is 3. The van der Waals surface area contributed by atoms with E-state index in [2.05, 4.69) is 15.6 Å². The van der Waals surface area contributed by atoms with Crippen molar-refractivity contribution in [2.24, 2.45) is 0 Å². The van der Waals surface area contributed by atoms with E-state index >= 15 is 0 Å². The zero-order valence-corrected chi connectivity index (χ0v) is 14.6. The lowest BCUT2D eigenvalue weighted by Gasteiger charge is -2.10. The predicted molar refractivity (Wildman–Crippen MR) is 101 cm³/mol. The fourth-order valence-corrected chi connectivity index (χ4v) is 2.67. The molecule has 1 aliphatic rings. The van der Waals surface area contributed by atoms with Crippen LogP contribution in [0.5, 0.6) is 17.2 Å². The van der Waals surface area contributed by atoms with Gasteiger partial charge in [-0.25, -0.2) is 0 Å². The molecule has 136 valence electrons. The third kappa shape index (κ3) is 3.77. The second-order valence-corrected chi connectivity index (χ2v) is 5.81. The minimum Gasteiger partial charge on any atom is -0.497 e. The number of fused-ring (bicyclic) bond motifs is 1. The van der Waals surface area contributed by atoms with Gasteiger partial charge >= 0.3 is 0 Å². The summed E-state index contributed by atoms with van der Waals surface area (Å²) in [4.78, 5) is 16.7. The van der Waals surface area contributed by atoms with E-state index in [9.17, 15) is 4.79 Å². The molecule has 0 aliphatic carbocycles. The van der Waals surface area contributed by atoms with E-state index in [1.54, 1.807) is 43.6 Å². The molecule has 0 unspecified atom stereocenters. The highest BCUT2D eigenvalue weighted by molar-refractivity contribution is 6.03. The molecule has 0 atom stereocenters. The van der Waals surface area contributed by atoms with Crippen LogP contribution in [0.2, 0.25) is 0 Å². The molecule has 0 spiro atoms. The van der Waals surface area contributed by atoms with Gasteiger partial charge in [0.15, 0.2) is 11.5 Å². The molecule has 27 heavy (non-hydrogen) atoms. The van der Waals surface area contributed by atoms with Gasteiger partial charge in [0.2, 0.25) is 6.79 Å². The van der Waals surface area contributed by atoms with Crippen molar-refractivity contribution in [2.75, 3.05) is 24.5 Å². The van der Waals surface area contributed by atoms with E-state index in [1.807, 2.05) is 24.3 Å². The minimum absolute atomic E-state index is 0.187. The molecule has 7 nitrogen and oxygen atoms in total. The highest BCUT2D eigenvalue weighted by Gasteiger charge is 2.15. The van der Waals surface area contributed by atoms with Gasteiger partial charge in [-0.15, -0.1) is 0 Å². The Morgan fingerprint density at radius 1 is 1.00 bits per heavy atom. The van der Waals surface area contributed by atoms with Gasteiger partial charge in [0.1, 0.15) is 11.4 Å². The number of aromatic nitrogens is 1. The highest BCUT2D eigenvalue weighted by atomic mass is 16.7. The highest BCUT2D eigenvalue weighted by Crippen LogP contribution is 2.34. The number of hydrogen-bond donors (Lipinski definition) is 2. The second-order valence-electron chi connectivity index (χ2n) is 5.81. The third-order valence-corrected chi connectivity index (χ3v) is 3.98. The van der Waals surface area contributed by atoms with Crippen LogP contribution in [0, 0.1) is 0 Å². The number of anilines is 3. The van der Waals surface area contributed by atoms with Gasteiger partial charge in [-0.1, -0.05) is 6.07 Å². The number of rotatable bonds is 5. The maximum Gasteiger partial charge on any atom is 0.274 e. The van der Waals surface area contributed by atoms with Gasteiger partial charge in [0, 0.05) is 35.4 Å². The van der Waals surface area contributed by atoms with Crippen molar-refractivity contribution in [2.45, 2.75) is 0 Å². The molecule has 1 aromatic heterocycles. The summed E-state index contributed by atoms with van der Waals surface area (Å²) in [6.45, 7) is 0.187. The maximum atomic E-state index is 12.5. The van der Waals surface area contributed by atoms with Crippen LogP contribution in [0.4, 0.5) is 17.1 Å². The lowest BCUT2D eigenvalue weighted by atomic mass is 10.2. The van der Waals surface area contributed by atoms with Crippen molar-refractivity contribution in [1.29, 1.82) is 0 Å². The topological polar surface area (TPSA) is 81.7 Å². The summed E-state index contributed by atoms with van der Waals surface area (Å²) in [6, 6.07) is 16.2. The zero-order valence-electron chi connectivity index (χ0n) is 14.6. The number of nitrogens with zero attached hydrogens (tertiary/aromatic N) is 1. The SMILES string of the molecule is COc1cccc(Nc2ccnc(C(=O)Nc3ccc4c(c3)OCO4)c2)c1. The fraction of sp³-hybridized carbons (Fsp3) is 0.100. The van der Waals surface area contributed by atoms with Gasteiger partial charge in [-0.3, -0.25) is 9.78 Å². The molecule has 4 rings (SSSR count). The molecular weight excluding hydrogens is 346 g/mol. The van der Waals surface area contributed by atoms with Crippen LogP contribution >= 0.6 is 0 Å². The fourth-order valence-electron chi connectivity index (χ4n) is 2.67. The Labute approximate surface area is 155 Å². The lowest BCUT2D eigenvalue weighted by Crippen LogP contribution is -2.13. The zero-order chi connectivity index (χ0) is 18.6. The first-order valence-electron chi connectivity index (χ1n) is 8.29. The van der Waals surface area contributed by atoms with Crippen molar-refractivity contribution < 1.29 is 19.0 Å². The quantitative estimate of drug-likeness (QED) is 0.717. The Kier molecular flexibility index (Phi) is 4.49. The van der Waals surface area contributed by atoms with Crippen LogP contribution in [-0.4, -0.2) is 24.8 Å². The van der Waals surface area contributed by atoms with Gasteiger partial charge in [-0.2, -0.15) is 0 Å². The molecule has 0 radical (unpaired) electrons. The summed E-state index contributed by atoms with van der Waals surface area (Å²) in [7, 11) is 1.62. The van der Waals surface area contributed by atoms with E-state index in [0.29, 0.717) is 22.9 Å². The Hall–Kier alpha value is -3.74. The molecular formula is C20H17N3O4. The third-order valence-electron chi connectivity index (χ3n) is 3.98. The molecule has 2 aromatic carbocycles. The number of carbonyl (C=O) groups is 1. The van der Waals surface area contributed by atoms with Crippen LogP contribution in [0.15, 0.2) is 60.8 Å². The number of benzene rings is 2. The molecule has 0 saturated heterocycles. The van der Waals surface area contributed by atoms with Crippen LogP contribution in [0.25, 0.3) is 0 Å². The summed E-state index contributed by atoms with van der Waals surface area (Å²) >= 11 is 0. The van der Waals surface area contributed by atoms with Crippen molar-refractivity contribution >= 4 is 23.0 Å². The second kappa shape index (κ2) is 7.25. The predicted octanol–water partition coefficient (Wildman–Crippen LogP) is 3.81. The summed E-state index contributed by atoms with van der Waals surface area (Å²) in [5.74, 6) is 1.70. The summed E-state index contributed by atoms with van der Waals surface area (Å²) in [6.07, 6.45) is 1.58. The maximum absolute atomic E-state index is 12.5. The number of nitrogens with one attached hydrogen (secondary N) is 2. The van der Waals surface area contributed by atoms with E-state index in [-0.39, 0.29) is 12.7 Å². The molecule has 0 saturated carbocycles. The van der Waals surface area contributed by atoms with E-state index < -0.39 is 0 Å². The van der Waals surface area contributed by atoms with Crippen LogP contribution in [-0.2, 0) is 0 Å². The number of carbonyl (C=O) groups excluding carboxylic acids is 1. The first-order valence-corrected chi connectivity index (χ1v) is 8.29. The number of methoxy groups -OCH3 is 1. The molecule has 0 fully saturated rings. The first-order chi connectivity index (χ1) is 13.2. The lowest BCUT2D eigenvalue weighted by molar-refractivity contribution is 0.102. The molecule has 2 heterocycles. The summed E-state index contributed by atoms with van der Waals surface area (Å²) < 4.78 is 15.8. The van der Waals surface area contributed by atoms with Gasteiger partial charge < -0.3 is 24.8 Å². The Balaban J connectivity index is 1.49.